The molecule has 2 rings (SSSR count). The molecule has 0 aliphatic rings. The first-order valence-electron chi connectivity index (χ1n) is 6.29. The predicted octanol–water partition coefficient (Wildman–Crippen LogP) is 2.84. The minimum atomic E-state index is -1.07. The van der Waals surface area contributed by atoms with Gasteiger partial charge in [-0.3, -0.25) is 4.79 Å². The summed E-state index contributed by atoms with van der Waals surface area (Å²) >= 11 is 2.34. The van der Waals surface area contributed by atoms with Gasteiger partial charge in [-0.1, -0.05) is 30.3 Å². The fraction of sp³-hybridized carbons (Fsp3) is 0.133. The third-order valence-electron chi connectivity index (χ3n) is 2.92. The molecular formula is C15H13NO4S2. The summed E-state index contributed by atoms with van der Waals surface area (Å²) < 4.78 is 0.604. The van der Waals surface area contributed by atoms with E-state index in [9.17, 15) is 14.4 Å². The first-order valence-corrected chi connectivity index (χ1v) is 8.33. The van der Waals surface area contributed by atoms with Gasteiger partial charge in [0.25, 0.3) is 5.91 Å². The van der Waals surface area contributed by atoms with Gasteiger partial charge in [0.15, 0.2) is 0 Å². The number of thiophene rings is 1. The molecule has 0 aliphatic carbocycles. The highest BCUT2D eigenvalue weighted by atomic mass is 32.2. The van der Waals surface area contributed by atoms with Gasteiger partial charge in [0.05, 0.1) is 9.77 Å². The molecular weight excluding hydrogens is 322 g/mol. The van der Waals surface area contributed by atoms with Crippen molar-refractivity contribution >= 4 is 41.3 Å². The zero-order chi connectivity index (χ0) is 16.1. The van der Waals surface area contributed by atoms with Crippen LogP contribution in [-0.2, 0) is 4.79 Å². The van der Waals surface area contributed by atoms with Crippen molar-refractivity contribution in [2.75, 3.05) is 6.26 Å². The van der Waals surface area contributed by atoms with Crippen LogP contribution < -0.4 is 5.32 Å². The molecule has 0 fully saturated rings. The second-order valence-electron chi connectivity index (χ2n) is 4.32. The summed E-state index contributed by atoms with van der Waals surface area (Å²) in [6, 6.07) is 9.42. The summed E-state index contributed by atoms with van der Waals surface area (Å²) in [5.74, 6) is -1.54. The van der Waals surface area contributed by atoms with Gasteiger partial charge >= 0.3 is 5.97 Å². The number of nitrogens with one attached hydrogen (secondary N) is 1. The average molecular weight is 335 g/mol. The molecule has 0 aliphatic heterocycles. The van der Waals surface area contributed by atoms with E-state index in [0.717, 1.165) is 11.3 Å². The summed E-state index contributed by atoms with van der Waals surface area (Å²) in [7, 11) is 0. The number of hydrogen-bond acceptors (Lipinski definition) is 5. The van der Waals surface area contributed by atoms with Crippen LogP contribution in [0.15, 0.2) is 40.6 Å². The van der Waals surface area contributed by atoms with Crippen LogP contribution in [-0.4, -0.2) is 29.5 Å². The number of carboxylic acids is 1. The van der Waals surface area contributed by atoms with Gasteiger partial charge in [0.1, 0.15) is 17.2 Å². The number of aldehydes is 1. The summed E-state index contributed by atoms with van der Waals surface area (Å²) in [5.41, 5.74) is 0.947. The fourth-order valence-electron chi connectivity index (χ4n) is 1.86. The standard InChI is InChI=1S/C15H13NO4S2/c1-21-15-10(7-12(22-15)14(19)20)13(18)16-11(8-17)9-5-3-2-4-6-9/h2-8,11H,1H3,(H,16,18)(H,19,20). The summed E-state index contributed by atoms with van der Waals surface area (Å²) in [5, 5.41) is 11.6. The molecule has 1 aromatic heterocycles. The van der Waals surface area contributed by atoms with E-state index in [1.165, 1.54) is 17.8 Å². The highest BCUT2D eigenvalue weighted by molar-refractivity contribution is 8.00. The van der Waals surface area contributed by atoms with Gasteiger partial charge in [-0.05, 0) is 17.9 Å². The molecule has 5 nitrogen and oxygen atoms in total. The van der Waals surface area contributed by atoms with Gasteiger partial charge in [-0.15, -0.1) is 23.1 Å². The molecule has 1 heterocycles. The molecule has 22 heavy (non-hydrogen) atoms. The van der Waals surface area contributed by atoms with Crippen LogP contribution >= 0.6 is 23.1 Å². The van der Waals surface area contributed by atoms with Crippen LogP contribution in [0, 0.1) is 0 Å². The molecule has 114 valence electrons. The van der Waals surface area contributed by atoms with Gasteiger partial charge in [0.2, 0.25) is 0 Å². The normalized spacial score (nSPS) is 11.7. The predicted molar refractivity (Wildman–Crippen MR) is 85.8 cm³/mol. The molecule has 0 bridgehead atoms. The Balaban J connectivity index is 2.24. The zero-order valence-corrected chi connectivity index (χ0v) is 13.2. The number of hydrogen-bond donors (Lipinski definition) is 2. The van der Waals surface area contributed by atoms with Crippen molar-refractivity contribution in [2.24, 2.45) is 0 Å². The molecule has 1 aromatic carbocycles. The van der Waals surface area contributed by atoms with Crippen LogP contribution in [0.1, 0.15) is 31.6 Å². The van der Waals surface area contributed by atoms with Crippen molar-refractivity contribution in [3.63, 3.8) is 0 Å². The maximum Gasteiger partial charge on any atom is 0.345 e. The van der Waals surface area contributed by atoms with Crippen molar-refractivity contribution in [1.29, 1.82) is 0 Å². The Morgan fingerprint density at radius 3 is 2.55 bits per heavy atom. The largest absolute Gasteiger partial charge is 0.477 e. The summed E-state index contributed by atoms with van der Waals surface area (Å²) in [4.78, 5) is 34.7. The molecule has 0 saturated carbocycles. The molecule has 7 heteroatoms. The van der Waals surface area contributed by atoms with E-state index >= 15 is 0 Å². The third kappa shape index (κ3) is 3.55. The van der Waals surface area contributed by atoms with Crippen LogP contribution in [0.5, 0.6) is 0 Å². The van der Waals surface area contributed by atoms with Crippen molar-refractivity contribution in [1.82, 2.24) is 5.32 Å². The lowest BCUT2D eigenvalue weighted by Crippen LogP contribution is -2.29. The lowest BCUT2D eigenvalue weighted by atomic mass is 10.1. The number of thioether (sulfide) groups is 1. The molecule has 1 unspecified atom stereocenters. The van der Waals surface area contributed by atoms with Crippen LogP contribution in [0.3, 0.4) is 0 Å². The average Bonchev–Trinajstić information content (AvgIpc) is 2.98. The van der Waals surface area contributed by atoms with E-state index < -0.39 is 17.9 Å². The van der Waals surface area contributed by atoms with Crippen LogP contribution in [0.4, 0.5) is 0 Å². The van der Waals surface area contributed by atoms with E-state index in [-0.39, 0.29) is 10.4 Å². The quantitative estimate of drug-likeness (QED) is 0.626. The number of carbonyl (C=O) groups is 3. The van der Waals surface area contributed by atoms with E-state index in [2.05, 4.69) is 5.32 Å². The van der Waals surface area contributed by atoms with Gasteiger partial charge in [-0.2, -0.15) is 0 Å². The monoisotopic (exact) mass is 335 g/mol. The number of rotatable bonds is 6. The minimum Gasteiger partial charge on any atom is -0.477 e. The Morgan fingerprint density at radius 1 is 1.32 bits per heavy atom. The van der Waals surface area contributed by atoms with Crippen molar-refractivity contribution in [3.8, 4) is 0 Å². The first-order chi connectivity index (χ1) is 10.6. The third-order valence-corrected chi connectivity index (χ3v) is 5.18. The molecule has 2 aromatic rings. The molecule has 1 atom stereocenters. The molecule has 2 N–H and O–H groups in total. The Labute approximate surface area is 135 Å². The van der Waals surface area contributed by atoms with Gasteiger partial charge in [0, 0.05) is 0 Å². The highest BCUT2D eigenvalue weighted by Gasteiger charge is 2.21. The van der Waals surface area contributed by atoms with E-state index in [1.54, 1.807) is 30.5 Å². The maximum absolute atomic E-state index is 12.3. The summed E-state index contributed by atoms with van der Waals surface area (Å²) in [6.45, 7) is 0. The molecule has 1 amide bonds. The van der Waals surface area contributed by atoms with Crippen molar-refractivity contribution in [2.45, 2.75) is 10.3 Å². The number of carboxylic acid groups (broad SMARTS) is 1. The Kier molecular flexibility index (Phi) is 5.35. The van der Waals surface area contributed by atoms with E-state index in [0.29, 0.717) is 16.1 Å². The van der Waals surface area contributed by atoms with Crippen molar-refractivity contribution < 1.29 is 19.5 Å². The van der Waals surface area contributed by atoms with E-state index in [1.807, 2.05) is 6.07 Å². The molecule has 0 saturated heterocycles. The van der Waals surface area contributed by atoms with Gasteiger partial charge in [-0.25, -0.2) is 4.79 Å². The smallest absolute Gasteiger partial charge is 0.345 e. The maximum atomic E-state index is 12.3. The first kappa shape index (κ1) is 16.3. The molecule has 0 spiro atoms. The number of carbonyl (C=O) groups excluding carboxylic acids is 2. The van der Waals surface area contributed by atoms with Crippen LogP contribution in [0.2, 0.25) is 0 Å². The minimum absolute atomic E-state index is 0.0943. The van der Waals surface area contributed by atoms with Crippen molar-refractivity contribution in [3.05, 3.63) is 52.4 Å². The Bertz CT molecular complexity index is 697. The number of amides is 1. The molecule has 0 radical (unpaired) electrons. The van der Waals surface area contributed by atoms with E-state index in [4.69, 9.17) is 5.11 Å². The van der Waals surface area contributed by atoms with Gasteiger partial charge < -0.3 is 15.2 Å². The lowest BCUT2D eigenvalue weighted by Gasteiger charge is -2.13. The topological polar surface area (TPSA) is 83.5 Å². The summed E-state index contributed by atoms with van der Waals surface area (Å²) in [6.07, 6.45) is 2.42. The second kappa shape index (κ2) is 7.24. The Hall–Kier alpha value is -2.12. The zero-order valence-electron chi connectivity index (χ0n) is 11.6. The highest BCUT2D eigenvalue weighted by Crippen LogP contribution is 2.31. The van der Waals surface area contributed by atoms with Crippen LogP contribution in [0.25, 0.3) is 0 Å². The SMILES string of the molecule is CSc1sc(C(=O)O)cc1C(=O)NC(C=O)c1ccccc1. The second-order valence-corrected chi connectivity index (χ2v) is 6.45. The Morgan fingerprint density at radius 2 is 2.00 bits per heavy atom. The fourth-order valence-corrected chi connectivity index (χ4v) is 3.56. The number of benzene rings is 1. The number of aromatic carboxylic acids is 1. The lowest BCUT2D eigenvalue weighted by molar-refractivity contribution is -0.109.